The molecule has 0 aliphatic carbocycles. The predicted octanol–water partition coefficient (Wildman–Crippen LogP) is 4.47. The Balaban J connectivity index is 2.37. The number of hydrogen-bond donors (Lipinski definition) is 1. The van der Waals surface area contributed by atoms with Crippen LogP contribution >= 0.6 is 15.9 Å². The SMILES string of the molecule is CCNC(c1ccc(C)cc1)c1ccc(OC)c(Br)c1. The van der Waals surface area contributed by atoms with Gasteiger partial charge in [0.05, 0.1) is 17.6 Å². The van der Waals surface area contributed by atoms with Crippen molar-refractivity contribution in [1.82, 2.24) is 5.32 Å². The number of aryl methyl sites for hydroxylation is 1. The highest BCUT2D eigenvalue weighted by Crippen LogP contribution is 2.30. The van der Waals surface area contributed by atoms with E-state index in [-0.39, 0.29) is 6.04 Å². The molecule has 0 heterocycles. The van der Waals surface area contributed by atoms with E-state index in [0.717, 1.165) is 16.8 Å². The van der Waals surface area contributed by atoms with Crippen LogP contribution in [0.15, 0.2) is 46.9 Å². The molecule has 0 saturated carbocycles. The van der Waals surface area contributed by atoms with Crippen molar-refractivity contribution < 1.29 is 4.74 Å². The van der Waals surface area contributed by atoms with Crippen LogP contribution < -0.4 is 10.1 Å². The molecule has 20 heavy (non-hydrogen) atoms. The zero-order valence-corrected chi connectivity index (χ0v) is 13.7. The van der Waals surface area contributed by atoms with Gasteiger partial charge in [0.15, 0.2) is 0 Å². The number of nitrogens with one attached hydrogen (secondary N) is 1. The van der Waals surface area contributed by atoms with Crippen LogP contribution in [0.4, 0.5) is 0 Å². The Labute approximate surface area is 129 Å². The zero-order valence-electron chi connectivity index (χ0n) is 12.1. The lowest BCUT2D eigenvalue weighted by Gasteiger charge is -2.20. The number of hydrogen-bond acceptors (Lipinski definition) is 2. The second kappa shape index (κ2) is 6.91. The molecule has 1 atom stereocenters. The van der Waals surface area contributed by atoms with Crippen molar-refractivity contribution >= 4 is 15.9 Å². The second-order valence-corrected chi connectivity index (χ2v) is 5.65. The molecule has 0 spiro atoms. The number of benzene rings is 2. The van der Waals surface area contributed by atoms with Gasteiger partial charge in [0.1, 0.15) is 5.75 Å². The average Bonchev–Trinajstić information content (AvgIpc) is 2.46. The Morgan fingerprint density at radius 1 is 1.10 bits per heavy atom. The van der Waals surface area contributed by atoms with Crippen LogP contribution in [-0.2, 0) is 0 Å². The third-order valence-corrected chi connectivity index (χ3v) is 3.95. The highest BCUT2D eigenvalue weighted by atomic mass is 79.9. The summed E-state index contributed by atoms with van der Waals surface area (Å²) in [7, 11) is 1.68. The quantitative estimate of drug-likeness (QED) is 0.871. The lowest BCUT2D eigenvalue weighted by Crippen LogP contribution is -2.22. The molecular weight excluding hydrogens is 314 g/mol. The maximum atomic E-state index is 5.29. The Bertz CT molecular complexity index is 566. The maximum Gasteiger partial charge on any atom is 0.133 e. The summed E-state index contributed by atoms with van der Waals surface area (Å²) in [5, 5.41) is 3.54. The Kier molecular flexibility index (Phi) is 5.21. The summed E-state index contributed by atoms with van der Waals surface area (Å²) >= 11 is 3.56. The average molecular weight is 334 g/mol. The summed E-state index contributed by atoms with van der Waals surface area (Å²) < 4.78 is 6.27. The third kappa shape index (κ3) is 3.41. The lowest BCUT2D eigenvalue weighted by molar-refractivity contribution is 0.412. The molecule has 0 fully saturated rings. The first kappa shape index (κ1) is 15.1. The first-order valence-corrected chi connectivity index (χ1v) is 7.58. The van der Waals surface area contributed by atoms with Crippen LogP contribution in [0.25, 0.3) is 0 Å². The number of methoxy groups -OCH3 is 1. The minimum absolute atomic E-state index is 0.197. The first-order chi connectivity index (χ1) is 9.65. The fourth-order valence-electron chi connectivity index (χ4n) is 2.25. The first-order valence-electron chi connectivity index (χ1n) is 6.79. The van der Waals surface area contributed by atoms with E-state index < -0.39 is 0 Å². The van der Waals surface area contributed by atoms with Gasteiger partial charge in [-0.25, -0.2) is 0 Å². The van der Waals surface area contributed by atoms with Gasteiger partial charge in [-0.15, -0.1) is 0 Å². The molecule has 1 N–H and O–H groups in total. The topological polar surface area (TPSA) is 21.3 Å². The number of ether oxygens (including phenoxy) is 1. The van der Waals surface area contributed by atoms with Crippen molar-refractivity contribution in [2.75, 3.05) is 13.7 Å². The molecule has 0 aromatic heterocycles. The van der Waals surface area contributed by atoms with Crippen LogP contribution in [0.3, 0.4) is 0 Å². The molecular formula is C17H20BrNO. The molecule has 2 rings (SSSR count). The van der Waals surface area contributed by atoms with Gasteiger partial charge in [0.2, 0.25) is 0 Å². The van der Waals surface area contributed by atoms with Crippen molar-refractivity contribution in [1.29, 1.82) is 0 Å². The summed E-state index contributed by atoms with van der Waals surface area (Å²) in [6.07, 6.45) is 0. The van der Waals surface area contributed by atoms with Gasteiger partial charge in [-0.3, -0.25) is 0 Å². The highest BCUT2D eigenvalue weighted by Gasteiger charge is 2.14. The zero-order chi connectivity index (χ0) is 14.5. The third-order valence-electron chi connectivity index (χ3n) is 3.33. The molecule has 0 aliphatic heterocycles. The van der Waals surface area contributed by atoms with Gasteiger partial charge in [0, 0.05) is 0 Å². The Morgan fingerprint density at radius 2 is 1.75 bits per heavy atom. The fourth-order valence-corrected chi connectivity index (χ4v) is 2.81. The summed E-state index contributed by atoms with van der Waals surface area (Å²) in [6.45, 7) is 5.15. The summed E-state index contributed by atoms with van der Waals surface area (Å²) in [4.78, 5) is 0. The monoisotopic (exact) mass is 333 g/mol. The van der Waals surface area contributed by atoms with Crippen molar-refractivity contribution in [2.24, 2.45) is 0 Å². The van der Waals surface area contributed by atoms with Crippen LogP contribution in [0, 0.1) is 6.92 Å². The molecule has 0 aliphatic rings. The molecule has 106 valence electrons. The molecule has 3 heteroatoms. The Morgan fingerprint density at radius 3 is 2.30 bits per heavy atom. The minimum atomic E-state index is 0.197. The largest absolute Gasteiger partial charge is 0.496 e. The summed E-state index contributed by atoms with van der Waals surface area (Å²) in [5.74, 6) is 0.855. The fraction of sp³-hybridized carbons (Fsp3) is 0.294. The smallest absolute Gasteiger partial charge is 0.133 e. The van der Waals surface area contributed by atoms with Crippen LogP contribution in [0.1, 0.15) is 29.7 Å². The van der Waals surface area contributed by atoms with E-state index in [1.54, 1.807) is 7.11 Å². The molecule has 0 radical (unpaired) electrons. The lowest BCUT2D eigenvalue weighted by atomic mass is 9.97. The summed E-state index contributed by atoms with van der Waals surface area (Å²) in [6, 6.07) is 15.1. The molecule has 0 bridgehead atoms. The molecule has 0 amide bonds. The van der Waals surface area contributed by atoms with Gasteiger partial charge in [-0.2, -0.15) is 0 Å². The van der Waals surface area contributed by atoms with Gasteiger partial charge >= 0.3 is 0 Å². The van der Waals surface area contributed by atoms with E-state index in [1.165, 1.54) is 16.7 Å². The van der Waals surface area contributed by atoms with Crippen LogP contribution in [0.2, 0.25) is 0 Å². The molecule has 2 aromatic rings. The van der Waals surface area contributed by atoms with E-state index in [1.807, 2.05) is 6.07 Å². The minimum Gasteiger partial charge on any atom is -0.496 e. The molecule has 2 nitrogen and oxygen atoms in total. The molecule has 2 aromatic carbocycles. The van der Waals surface area contributed by atoms with Crippen LogP contribution in [0.5, 0.6) is 5.75 Å². The molecule has 0 saturated heterocycles. The second-order valence-electron chi connectivity index (χ2n) is 4.80. The standard InChI is InChI=1S/C17H20BrNO/c1-4-19-17(13-7-5-12(2)6-8-13)14-9-10-16(20-3)15(18)11-14/h5-11,17,19H,4H2,1-3H3. The van der Waals surface area contributed by atoms with Crippen molar-refractivity contribution in [3.8, 4) is 5.75 Å². The maximum absolute atomic E-state index is 5.29. The number of rotatable bonds is 5. The van der Waals surface area contributed by atoms with Gasteiger partial charge < -0.3 is 10.1 Å². The van der Waals surface area contributed by atoms with Crippen molar-refractivity contribution in [3.63, 3.8) is 0 Å². The number of halogens is 1. The van der Waals surface area contributed by atoms with E-state index in [4.69, 9.17) is 4.74 Å². The summed E-state index contributed by atoms with van der Waals surface area (Å²) in [5.41, 5.74) is 3.78. The highest BCUT2D eigenvalue weighted by molar-refractivity contribution is 9.10. The van der Waals surface area contributed by atoms with Crippen LogP contribution in [-0.4, -0.2) is 13.7 Å². The van der Waals surface area contributed by atoms with E-state index in [2.05, 4.69) is 71.5 Å². The van der Waals surface area contributed by atoms with Gasteiger partial charge in [-0.1, -0.05) is 42.8 Å². The van der Waals surface area contributed by atoms with Crippen molar-refractivity contribution in [2.45, 2.75) is 19.9 Å². The normalized spacial score (nSPS) is 12.2. The molecule has 1 unspecified atom stereocenters. The van der Waals surface area contributed by atoms with Gasteiger partial charge in [-0.05, 0) is 52.7 Å². The van der Waals surface area contributed by atoms with E-state index in [0.29, 0.717) is 0 Å². The van der Waals surface area contributed by atoms with Crippen molar-refractivity contribution in [3.05, 3.63) is 63.6 Å². The predicted molar refractivity (Wildman–Crippen MR) is 87.4 cm³/mol. The van der Waals surface area contributed by atoms with E-state index in [9.17, 15) is 0 Å². The Hall–Kier alpha value is -1.32. The van der Waals surface area contributed by atoms with Gasteiger partial charge in [0.25, 0.3) is 0 Å². The van der Waals surface area contributed by atoms with E-state index >= 15 is 0 Å².